The van der Waals surface area contributed by atoms with Gasteiger partial charge in [0.1, 0.15) is 5.75 Å². The monoisotopic (exact) mass is 359 g/mol. The first kappa shape index (κ1) is 16.5. The Bertz CT molecular complexity index is 806. The van der Waals surface area contributed by atoms with Gasteiger partial charge in [0.05, 0.1) is 11.5 Å². The van der Waals surface area contributed by atoms with Crippen molar-refractivity contribution in [3.63, 3.8) is 0 Å². The number of phenolic OH excluding ortho intramolecular Hbond substituents is 1. The Balaban J connectivity index is 1.63. The molecule has 2 aromatic rings. The Labute approximate surface area is 148 Å². The standard InChI is InChI=1S/C17H14ClN3O2S/c18-14-4-2-1-3-12(14)9-15-16(23)20-17(24-15)21-19-10-11-5-7-13(22)8-6-11/h1-8,10,15,22H,9H2,(H,20,21,23)/b19-10+/t15-/m0/s1. The Morgan fingerprint density at radius 1 is 1.21 bits per heavy atom. The number of phenols is 1. The van der Waals surface area contributed by atoms with E-state index in [0.29, 0.717) is 16.6 Å². The van der Waals surface area contributed by atoms with E-state index in [0.717, 1.165) is 11.1 Å². The first-order chi connectivity index (χ1) is 11.6. The third-order valence-electron chi connectivity index (χ3n) is 3.39. The van der Waals surface area contributed by atoms with Crippen molar-refractivity contribution in [2.24, 2.45) is 10.2 Å². The van der Waals surface area contributed by atoms with E-state index in [-0.39, 0.29) is 16.9 Å². The molecule has 1 heterocycles. The van der Waals surface area contributed by atoms with Crippen LogP contribution in [0.3, 0.4) is 0 Å². The van der Waals surface area contributed by atoms with Crippen molar-refractivity contribution in [1.29, 1.82) is 0 Å². The van der Waals surface area contributed by atoms with E-state index >= 15 is 0 Å². The minimum absolute atomic E-state index is 0.0986. The molecule has 0 unspecified atom stereocenters. The van der Waals surface area contributed by atoms with Gasteiger partial charge in [0.2, 0.25) is 5.91 Å². The lowest BCUT2D eigenvalue weighted by atomic mass is 10.1. The Morgan fingerprint density at radius 3 is 2.71 bits per heavy atom. The molecule has 122 valence electrons. The van der Waals surface area contributed by atoms with Crippen molar-refractivity contribution >= 4 is 40.7 Å². The van der Waals surface area contributed by atoms with Crippen LogP contribution >= 0.6 is 23.4 Å². The van der Waals surface area contributed by atoms with Crippen LogP contribution in [0.15, 0.2) is 58.7 Å². The fourth-order valence-electron chi connectivity index (χ4n) is 2.16. The highest BCUT2D eigenvalue weighted by Gasteiger charge is 2.30. The second-order valence-electron chi connectivity index (χ2n) is 5.13. The van der Waals surface area contributed by atoms with Crippen LogP contribution in [0.2, 0.25) is 5.02 Å². The first-order valence-electron chi connectivity index (χ1n) is 7.23. The average Bonchev–Trinajstić information content (AvgIpc) is 2.91. The molecule has 0 radical (unpaired) electrons. The number of carbonyl (C=O) groups is 1. The first-order valence-corrected chi connectivity index (χ1v) is 8.48. The van der Waals surface area contributed by atoms with Crippen LogP contribution in [0, 0.1) is 0 Å². The van der Waals surface area contributed by atoms with Gasteiger partial charge < -0.3 is 10.4 Å². The van der Waals surface area contributed by atoms with Gasteiger partial charge in [0.15, 0.2) is 5.17 Å². The summed E-state index contributed by atoms with van der Waals surface area (Å²) in [6.07, 6.45) is 2.09. The van der Waals surface area contributed by atoms with Crippen molar-refractivity contribution in [3.05, 3.63) is 64.7 Å². The van der Waals surface area contributed by atoms with Gasteiger partial charge >= 0.3 is 0 Å². The number of carbonyl (C=O) groups excluding carboxylic acids is 1. The Hall–Kier alpha value is -2.31. The minimum Gasteiger partial charge on any atom is -0.508 e. The number of benzene rings is 2. The van der Waals surface area contributed by atoms with Crippen molar-refractivity contribution in [3.8, 4) is 5.75 Å². The van der Waals surface area contributed by atoms with Crippen molar-refractivity contribution in [2.75, 3.05) is 0 Å². The van der Waals surface area contributed by atoms with Crippen LogP contribution < -0.4 is 5.32 Å². The van der Waals surface area contributed by atoms with Gasteiger partial charge in [-0.05, 0) is 47.9 Å². The molecule has 24 heavy (non-hydrogen) atoms. The van der Waals surface area contributed by atoms with Gasteiger partial charge in [-0.15, -0.1) is 5.10 Å². The molecule has 1 amide bonds. The topological polar surface area (TPSA) is 74.0 Å². The van der Waals surface area contributed by atoms with E-state index in [1.54, 1.807) is 30.5 Å². The van der Waals surface area contributed by atoms with Crippen molar-refractivity contribution in [1.82, 2.24) is 5.32 Å². The lowest BCUT2D eigenvalue weighted by molar-refractivity contribution is -0.118. The molecule has 1 aliphatic heterocycles. The molecule has 1 aliphatic rings. The van der Waals surface area contributed by atoms with Crippen LogP contribution in [0.5, 0.6) is 5.75 Å². The van der Waals surface area contributed by atoms with E-state index < -0.39 is 0 Å². The van der Waals surface area contributed by atoms with E-state index in [1.165, 1.54) is 11.8 Å². The van der Waals surface area contributed by atoms with Gasteiger partial charge in [0, 0.05) is 5.02 Å². The Kier molecular flexibility index (Phi) is 5.17. The summed E-state index contributed by atoms with van der Waals surface area (Å²) < 4.78 is 0. The molecule has 0 aliphatic carbocycles. The van der Waals surface area contributed by atoms with Crippen LogP contribution in [0.25, 0.3) is 0 Å². The largest absolute Gasteiger partial charge is 0.508 e. The number of thioether (sulfide) groups is 1. The molecule has 5 nitrogen and oxygen atoms in total. The molecule has 7 heteroatoms. The number of hydrogen-bond acceptors (Lipinski definition) is 5. The lowest BCUT2D eigenvalue weighted by Crippen LogP contribution is -2.26. The molecule has 2 N–H and O–H groups in total. The zero-order valence-electron chi connectivity index (χ0n) is 12.5. The number of aromatic hydroxyl groups is 1. The summed E-state index contributed by atoms with van der Waals surface area (Å²) in [7, 11) is 0. The van der Waals surface area contributed by atoms with E-state index in [9.17, 15) is 9.90 Å². The van der Waals surface area contributed by atoms with Gasteiger partial charge in [-0.3, -0.25) is 4.79 Å². The number of nitrogens with zero attached hydrogens (tertiary/aromatic N) is 2. The number of amides is 1. The van der Waals surface area contributed by atoms with E-state index in [1.807, 2.05) is 24.3 Å². The molecular weight excluding hydrogens is 346 g/mol. The van der Waals surface area contributed by atoms with Crippen molar-refractivity contribution < 1.29 is 9.90 Å². The molecule has 1 saturated heterocycles. The summed E-state index contributed by atoms with van der Waals surface area (Å²) in [6, 6.07) is 14.1. The van der Waals surface area contributed by atoms with E-state index in [4.69, 9.17) is 11.6 Å². The van der Waals surface area contributed by atoms with Gasteiger partial charge in [-0.2, -0.15) is 5.10 Å². The predicted octanol–water partition coefficient (Wildman–Crippen LogP) is 3.21. The highest BCUT2D eigenvalue weighted by atomic mass is 35.5. The summed E-state index contributed by atoms with van der Waals surface area (Å²) in [4.78, 5) is 12.0. The maximum atomic E-state index is 12.0. The summed E-state index contributed by atoms with van der Waals surface area (Å²) >= 11 is 7.47. The molecule has 3 rings (SSSR count). The number of nitrogens with one attached hydrogen (secondary N) is 1. The van der Waals surface area contributed by atoms with Gasteiger partial charge in [0.25, 0.3) is 0 Å². The van der Waals surface area contributed by atoms with E-state index in [2.05, 4.69) is 15.5 Å². The molecule has 0 spiro atoms. The summed E-state index contributed by atoms with van der Waals surface area (Å²) in [5, 5.41) is 20.8. The van der Waals surface area contributed by atoms with Crippen LogP contribution in [-0.4, -0.2) is 27.6 Å². The minimum atomic E-state index is -0.271. The predicted molar refractivity (Wildman–Crippen MR) is 97.8 cm³/mol. The molecule has 1 atom stereocenters. The second kappa shape index (κ2) is 7.51. The number of rotatable bonds is 4. The zero-order valence-corrected chi connectivity index (χ0v) is 14.1. The fraction of sp³-hybridized carbons (Fsp3) is 0.118. The van der Waals surface area contributed by atoms with Crippen LogP contribution in [-0.2, 0) is 11.2 Å². The zero-order chi connectivity index (χ0) is 16.9. The van der Waals surface area contributed by atoms with Gasteiger partial charge in [-0.1, -0.05) is 41.6 Å². The quantitative estimate of drug-likeness (QED) is 0.650. The fourth-order valence-corrected chi connectivity index (χ4v) is 3.32. The average molecular weight is 360 g/mol. The maximum Gasteiger partial charge on any atom is 0.239 e. The normalized spacial score (nSPS) is 19.1. The maximum absolute atomic E-state index is 12.0. The summed E-state index contributed by atoms with van der Waals surface area (Å²) in [5.41, 5.74) is 1.74. The third-order valence-corrected chi connectivity index (χ3v) is 4.83. The molecule has 0 aromatic heterocycles. The third kappa shape index (κ3) is 4.15. The number of halogens is 1. The molecular formula is C17H14ClN3O2S. The number of amidine groups is 1. The highest BCUT2D eigenvalue weighted by molar-refractivity contribution is 8.15. The van der Waals surface area contributed by atoms with Crippen LogP contribution in [0.1, 0.15) is 11.1 Å². The SMILES string of the molecule is O=C1N/C(=N\N=C\c2ccc(O)cc2)S[C@H]1Cc1ccccc1Cl. The Morgan fingerprint density at radius 2 is 1.96 bits per heavy atom. The molecule has 1 fully saturated rings. The van der Waals surface area contributed by atoms with Gasteiger partial charge in [-0.25, -0.2) is 0 Å². The van der Waals surface area contributed by atoms with Crippen LogP contribution in [0.4, 0.5) is 0 Å². The molecule has 0 bridgehead atoms. The summed E-state index contributed by atoms with van der Waals surface area (Å²) in [6.45, 7) is 0. The highest BCUT2D eigenvalue weighted by Crippen LogP contribution is 2.26. The molecule has 0 saturated carbocycles. The summed E-state index contributed by atoms with van der Waals surface area (Å²) in [5.74, 6) is 0.0954. The smallest absolute Gasteiger partial charge is 0.239 e. The lowest BCUT2D eigenvalue weighted by Gasteiger charge is -2.06. The number of hydrogen-bond donors (Lipinski definition) is 2. The second-order valence-corrected chi connectivity index (χ2v) is 6.73. The molecule has 2 aromatic carbocycles. The van der Waals surface area contributed by atoms with Crippen molar-refractivity contribution in [2.45, 2.75) is 11.7 Å².